The minimum Gasteiger partial charge on any atom is -0.380 e. The molecule has 3 rings (SSSR count). The molecule has 20 heavy (non-hydrogen) atoms. The van der Waals surface area contributed by atoms with Gasteiger partial charge in [-0.2, -0.15) is 0 Å². The highest BCUT2D eigenvalue weighted by atomic mass is 79.9. The van der Waals surface area contributed by atoms with E-state index >= 15 is 0 Å². The van der Waals surface area contributed by atoms with Gasteiger partial charge in [-0.05, 0) is 52.3 Å². The van der Waals surface area contributed by atoms with E-state index in [1.807, 2.05) is 30.3 Å². The lowest BCUT2D eigenvalue weighted by atomic mass is 10.2. The van der Waals surface area contributed by atoms with Gasteiger partial charge in [0.1, 0.15) is 0 Å². The quantitative estimate of drug-likeness (QED) is 0.755. The molecule has 4 nitrogen and oxygen atoms in total. The average molecular weight is 350 g/mol. The second-order valence-electron chi connectivity index (χ2n) is 4.24. The smallest absolute Gasteiger partial charge is 0.330 e. The van der Waals surface area contributed by atoms with Crippen molar-refractivity contribution in [1.82, 2.24) is 9.55 Å². The molecule has 0 saturated carbocycles. The van der Waals surface area contributed by atoms with Crippen molar-refractivity contribution < 1.29 is 0 Å². The van der Waals surface area contributed by atoms with Crippen LogP contribution < -0.4 is 11.0 Å². The molecule has 0 aliphatic carbocycles. The number of nitrogens with zero attached hydrogens (tertiary/aromatic N) is 1. The summed E-state index contributed by atoms with van der Waals surface area (Å²) < 4.78 is 2.71. The Morgan fingerprint density at radius 3 is 2.60 bits per heavy atom. The van der Waals surface area contributed by atoms with Gasteiger partial charge in [-0.1, -0.05) is 0 Å². The molecule has 0 atom stereocenters. The van der Waals surface area contributed by atoms with Crippen molar-refractivity contribution in [2.75, 3.05) is 5.32 Å². The van der Waals surface area contributed by atoms with Crippen LogP contribution in [-0.4, -0.2) is 9.55 Å². The molecule has 2 heterocycles. The number of halogens is 1. The van der Waals surface area contributed by atoms with E-state index in [2.05, 4.69) is 32.3 Å². The van der Waals surface area contributed by atoms with Gasteiger partial charge in [0.15, 0.2) is 0 Å². The number of thiophene rings is 1. The number of benzene rings is 1. The molecule has 0 fully saturated rings. The number of rotatable bonds is 4. The maximum atomic E-state index is 11.5. The van der Waals surface area contributed by atoms with Crippen molar-refractivity contribution in [3.63, 3.8) is 0 Å². The standard InChI is InChI=1S/C14H12BrN3OS/c15-13-6-5-12(20-13)9-17-10-1-3-11(4-2-10)18-8-7-16-14(18)19/h1-8,17H,9H2,(H,16,19). The molecule has 0 saturated heterocycles. The fraction of sp³-hybridized carbons (Fsp3) is 0.0714. The largest absolute Gasteiger partial charge is 0.380 e. The van der Waals surface area contributed by atoms with Crippen LogP contribution in [0.4, 0.5) is 5.69 Å². The maximum Gasteiger partial charge on any atom is 0.330 e. The second kappa shape index (κ2) is 5.68. The van der Waals surface area contributed by atoms with E-state index in [4.69, 9.17) is 0 Å². The van der Waals surface area contributed by atoms with E-state index in [1.165, 1.54) is 4.88 Å². The summed E-state index contributed by atoms with van der Waals surface area (Å²) in [5.41, 5.74) is 1.75. The normalized spacial score (nSPS) is 10.7. The summed E-state index contributed by atoms with van der Waals surface area (Å²) >= 11 is 5.17. The SMILES string of the molecule is O=c1[nH]ccn1-c1ccc(NCc2ccc(Br)s2)cc1. The van der Waals surface area contributed by atoms with Crippen LogP contribution in [0.25, 0.3) is 5.69 Å². The summed E-state index contributed by atoms with van der Waals surface area (Å²) in [7, 11) is 0. The first-order valence-corrected chi connectivity index (χ1v) is 7.68. The minimum absolute atomic E-state index is 0.130. The molecule has 0 amide bonds. The molecule has 6 heteroatoms. The molecular weight excluding hydrogens is 338 g/mol. The van der Waals surface area contributed by atoms with Crippen LogP contribution in [0.3, 0.4) is 0 Å². The number of aromatic nitrogens is 2. The molecule has 3 aromatic rings. The van der Waals surface area contributed by atoms with E-state index in [-0.39, 0.29) is 5.69 Å². The summed E-state index contributed by atoms with van der Waals surface area (Å²) in [6.07, 6.45) is 3.34. The molecule has 102 valence electrons. The van der Waals surface area contributed by atoms with E-state index in [0.29, 0.717) is 0 Å². The van der Waals surface area contributed by atoms with Crippen molar-refractivity contribution in [3.05, 3.63) is 67.9 Å². The molecule has 0 spiro atoms. The summed E-state index contributed by atoms with van der Waals surface area (Å²) in [6, 6.07) is 11.9. The zero-order valence-corrected chi connectivity index (χ0v) is 12.9. The van der Waals surface area contributed by atoms with Crippen molar-refractivity contribution in [3.8, 4) is 5.69 Å². The first-order valence-electron chi connectivity index (χ1n) is 6.07. The predicted molar refractivity (Wildman–Crippen MR) is 85.7 cm³/mol. The Labute approximate surface area is 128 Å². The number of aromatic amines is 1. The van der Waals surface area contributed by atoms with Crippen LogP contribution in [0.15, 0.2) is 57.4 Å². The summed E-state index contributed by atoms with van der Waals surface area (Å²) in [5.74, 6) is 0. The molecule has 0 aliphatic rings. The van der Waals surface area contributed by atoms with Crippen molar-refractivity contribution >= 4 is 33.0 Å². The monoisotopic (exact) mass is 349 g/mol. The van der Waals surface area contributed by atoms with Gasteiger partial charge < -0.3 is 10.3 Å². The fourth-order valence-corrected chi connectivity index (χ4v) is 3.32. The van der Waals surface area contributed by atoms with Gasteiger partial charge in [-0.25, -0.2) is 4.79 Å². The lowest BCUT2D eigenvalue weighted by Crippen LogP contribution is -2.13. The summed E-state index contributed by atoms with van der Waals surface area (Å²) in [4.78, 5) is 15.4. The number of anilines is 1. The van der Waals surface area contributed by atoms with Crippen LogP contribution in [0, 0.1) is 0 Å². The Bertz CT molecular complexity index is 757. The number of hydrogen-bond acceptors (Lipinski definition) is 3. The van der Waals surface area contributed by atoms with E-state index in [9.17, 15) is 4.79 Å². The molecule has 0 aliphatic heterocycles. The van der Waals surface area contributed by atoms with Gasteiger partial charge in [0, 0.05) is 29.5 Å². The highest BCUT2D eigenvalue weighted by molar-refractivity contribution is 9.11. The Kier molecular flexibility index (Phi) is 3.75. The van der Waals surface area contributed by atoms with Crippen LogP contribution in [-0.2, 0) is 6.54 Å². The maximum absolute atomic E-state index is 11.5. The lowest BCUT2D eigenvalue weighted by Gasteiger charge is -2.06. The first kappa shape index (κ1) is 13.2. The fourth-order valence-electron chi connectivity index (χ4n) is 1.90. The molecule has 1 aromatic carbocycles. The Morgan fingerprint density at radius 2 is 2.00 bits per heavy atom. The third-order valence-electron chi connectivity index (χ3n) is 2.89. The van der Waals surface area contributed by atoms with E-state index in [1.54, 1.807) is 28.3 Å². The van der Waals surface area contributed by atoms with Crippen LogP contribution >= 0.6 is 27.3 Å². The van der Waals surface area contributed by atoms with Crippen molar-refractivity contribution in [2.45, 2.75) is 6.54 Å². The van der Waals surface area contributed by atoms with Crippen LogP contribution in [0.2, 0.25) is 0 Å². The third kappa shape index (κ3) is 2.86. The van der Waals surface area contributed by atoms with Gasteiger partial charge in [-0.3, -0.25) is 4.57 Å². The summed E-state index contributed by atoms with van der Waals surface area (Å²) in [5, 5.41) is 3.36. The number of H-pyrrole nitrogens is 1. The average Bonchev–Trinajstić information content (AvgIpc) is 3.06. The molecular formula is C14H12BrN3OS. The van der Waals surface area contributed by atoms with E-state index < -0.39 is 0 Å². The lowest BCUT2D eigenvalue weighted by molar-refractivity contribution is 0.987. The third-order valence-corrected chi connectivity index (χ3v) is 4.51. The number of imidazole rings is 1. The Hall–Kier alpha value is -1.79. The molecule has 0 bridgehead atoms. The van der Waals surface area contributed by atoms with Crippen LogP contribution in [0.5, 0.6) is 0 Å². The van der Waals surface area contributed by atoms with Gasteiger partial charge in [0.25, 0.3) is 0 Å². The zero-order valence-electron chi connectivity index (χ0n) is 10.5. The zero-order chi connectivity index (χ0) is 13.9. The van der Waals surface area contributed by atoms with E-state index in [0.717, 1.165) is 21.7 Å². The van der Waals surface area contributed by atoms with Gasteiger partial charge >= 0.3 is 5.69 Å². The number of hydrogen-bond donors (Lipinski definition) is 2. The highest BCUT2D eigenvalue weighted by Crippen LogP contribution is 2.23. The predicted octanol–water partition coefficient (Wildman–Crippen LogP) is 3.60. The summed E-state index contributed by atoms with van der Waals surface area (Å²) in [6.45, 7) is 0.791. The topological polar surface area (TPSA) is 49.8 Å². The second-order valence-corrected chi connectivity index (χ2v) is 6.79. The molecule has 0 radical (unpaired) electrons. The van der Waals surface area contributed by atoms with Gasteiger partial charge in [-0.15, -0.1) is 11.3 Å². The van der Waals surface area contributed by atoms with Gasteiger partial charge in [0.2, 0.25) is 0 Å². The Morgan fingerprint density at radius 1 is 1.20 bits per heavy atom. The molecule has 2 aromatic heterocycles. The minimum atomic E-state index is -0.130. The highest BCUT2D eigenvalue weighted by Gasteiger charge is 2.01. The molecule has 0 unspecified atom stereocenters. The van der Waals surface area contributed by atoms with Crippen molar-refractivity contribution in [1.29, 1.82) is 0 Å². The van der Waals surface area contributed by atoms with Gasteiger partial charge in [0.05, 0.1) is 9.47 Å². The molecule has 2 N–H and O–H groups in total. The Balaban J connectivity index is 1.70. The number of nitrogens with one attached hydrogen (secondary N) is 2. The van der Waals surface area contributed by atoms with Crippen LogP contribution in [0.1, 0.15) is 4.88 Å². The van der Waals surface area contributed by atoms with Crippen molar-refractivity contribution in [2.24, 2.45) is 0 Å². The first-order chi connectivity index (χ1) is 9.72.